The molecule has 3 aromatic rings. The zero-order valence-corrected chi connectivity index (χ0v) is 13.2. The topological polar surface area (TPSA) is 66.8 Å². The van der Waals surface area contributed by atoms with Gasteiger partial charge in [-0.2, -0.15) is 4.98 Å². The van der Waals surface area contributed by atoms with E-state index in [2.05, 4.69) is 19.9 Å². The average molecular weight is 325 g/mol. The summed E-state index contributed by atoms with van der Waals surface area (Å²) in [5, 5.41) is 0.356. The number of benzene rings is 1. The van der Waals surface area contributed by atoms with Crippen LogP contribution >= 0.6 is 12.2 Å². The van der Waals surface area contributed by atoms with Crippen LogP contribution in [0.2, 0.25) is 0 Å². The summed E-state index contributed by atoms with van der Waals surface area (Å²) in [5.74, 6) is 0.583. The Morgan fingerprint density at radius 3 is 2.61 bits per heavy atom. The molecule has 1 fully saturated rings. The molecule has 0 saturated carbocycles. The van der Waals surface area contributed by atoms with E-state index in [4.69, 9.17) is 12.2 Å². The highest BCUT2D eigenvalue weighted by molar-refractivity contribution is 7.71. The first kappa shape index (κ1) is 14.1. The number of aromatic amines is 1. The van der Waals surface area contributed by atoms with Gasteiger partial charge in [-0.3, -0.25) is 14.3 Å². The number of hydrogen-bond acceptors (Lipinski definition) is 5. The molecule has 6 nitrogen and oxygen atoms in total. The summed E-state index contributed by atoms with van der Waals surface area (Å²) in [5.41, 5.74) is 1.03. The highest BCUT2D eigenvalue weighted by Crippen LogP contribution is 2.17. The minimum Gasteiger partial charge on any atom is -0.342 e. The van der Waals surface area contributed by atoms with Gasteiger partial charge in [0.1, 0.15) is 16.4 Å². The summed E-state index contributed by atoms with van der Waals surface area (Å²) in [4.78, 5) is 26.3. The highest BCUT2D eigenvalue weighted by Gasteiger charge is 2.17. The van der Waals surface area contributed by atoms with E-state index in [0.717, 1.165) is 31.6 Å². The van der Waals surface area contributed by atoms with Gasteiger partial charge in [0.25, 0.3) is 5.56 Å². The van der Waals surface area contributed by atoms with Crippen molar-refractivity contribution in [2.45, 2.75) is 12.8 Å². The average Bonchev–Trinajstić information content (AvgIpc) is 3.10. The molecule has 1 aliphatic heterocycles. The van der Waals surface area contributed by atoms with Gasteiger partial charge in [0.05, 0.1) is 0 Å². The van der Waals surface area contributed by atoms with Gasteiger partial charge in [0.2, 0.25) is 5.95 Å². The Morgan fingerprint density at radius 2 is 1.87 bits per heavy atom. The van der Waals surface area contributed by atoms with E-state index >= 15 is 0 Å². The molecular formula is C16H15N5OS. The largest absolute Gasteiger partial charge is 0.342 e. The van der Waals surface area contributed by atoms with Crippen molar-refractivity contribution in [1.82, 2.24) is 19.5 Å². The van der Waals surface area contributed by atoms with E-state index in [1.165, 1.54) is 0 Å². The number of hydrogen-bond donors (Lipinski definition) is 1. The number of rotatable bonds is 2. The van der Waals surface area contributed by atoms with E-state index in [9.17, 15) is 4.79 Å². The first-order chi connectivity index (χ1) is 11.2. The fourth-order valence-corrected chi connectivity index (χ4v) is 3.21. The molecule has 3 heterocycles. The van der Waals surface area contributed by atoms with E-state index < -0.39 is 0 Å². The normalized spacial score (nSPS) is 14.5. The molecule has 0 aliphatic carbocycles. The minimum atomic E-state index is -0.236. The fourth-order valence-electron chi connectivity index (χ4n) is 2.87. The summed E-state index contributed by atoms with van der Waals surface area (Å²) < 4.78 is 2.15. The Kier molecular flexibility index (Phi) is 3.42. The Bertz CT molecular complexity index is 973. The lowest BCUT2D eigenvalue weighted by Gasteiger charge is -2.16. The monoisotopic (exact) mass is 325 g/mol. The van der Waals surface area contributed by atoms with E-state index in [1.807, 2.05) is 30.3 Å². The number of fused-ring (bicyclic) bond motifs is 1. The molecule has 0 amide bonds. The molecule has 116 valence electrons. The third-order valence-corrected chi connectivity index (χ3v) is 4.46. The van der Waals surface area contributed by atoms with Crippen molar-refractivity contribution in [3.63, 3.8) is 0 Å². The Hall–Kier alpha value is -2.54. The molecule has 1 aliphatic rings. The lowest BCUT2D eigenvalue weighted by molar-refractivity contribution is 0.890. The predicted molar refractivity (Wildman–Crippen MR) is 91.8 cm³/mol. The van der Waals surface area contributed by atoms with Crippen LogP contribution in [-0.4, -0.2) is 32.6 Å². The summed E-state index contributed by atoms with van der Waals surface area (Å²) in [6.45, 7) is 1.82. The highest BCUT2D eigenvalue weighted by atomic mass is 32.1. The van der Waals surface area contributed by atoms with Crippen LogP contribution in [0.3, 0.4) is 0 Å². The van der Waals surface area contributed by atoms with E-state index in [0.29, 0.717) is 21.6 Å². The smallest absolute Gasteiger partial charge is 0.264 e. The van der Waals surface area contributed by atoms with Gasteiger partial charge in [-0.25, -0.2) is 4.98 Å². The number of nitrogens with zero attached hydrogens (tertiary/aromatic N) is 4. The molecule has 1 N–H and O–H groups in total. The van der Waals surface area contributed by atoms with Crippen LogP contribution in [0.15, 0.2) is 41.5 Å². The Labute approximate surface area is 137 Å². The number of anilines is 1. The SMILES string of the molecule is O=c1[nH]c(N2CCCC2)nc2ncn(-c3ccccc3)c(=S)c12. The molecule has 0 unspecified atom stereocenters. The summed E-state index contributed by atoms with van der Waals surface area (Å²) in [6.07, 6.45) is 3.86. The molecule has 1 aromatic carbocycles. The van der Waals surface area contributed by atoms with Crippen molar-refractivity contribution in [3.05, 3.63) is 51.7 Å². The quantitative estimate of drug-likeness (QED) is 0.733. The second-order valence-electron chi connectivity index (χ2n) is 5.54. The molecule has 4 rings (SSSR count). The first-order valence-corrected chi connectivity index (χ1v) is 7.97. The predicted octanol–water partition coefficient (Wildman–Crippen LogP) is 2.44. The Morgan fingerprint density at radius 1 is 1.13 bits per heavy atom. The molecule has 0 bridgehead atoms. The maximum Gasteiger partial charge on any atom is 0.264 e. The molecule has 0 spiro atoms. The van der Waals surface area contributed by atoms with Crippen molar-refractivity contribution >= 4 is 29.2 Å². The lowest BCUT2D eigenvalue weighted by Crippen LogP contribution is -2.24. The van der Waals surface area contributed by atoms with Gasteiger partial charge < -0.3 is 4.90 Å². The summed E-state index contributed by atoms with van der Waals surface area (Å²) >= 11 is 5.49. The standard InChI is InChI=1S/C16H15N5OS/c22-14-12-13(18-16(19-14)20-8-4-5-9-20)17-10-21(15(12)23)11-6-2-1-3-7-11/h1-3,6-7,10H,4-5,8-9H2,(H,18,19,22). The van der Waals surface area contributed by atoms with Gasteiger partial charge in [-0.05, 0) is 25.0 Å². The Balaban J connectivity index is 1.91. The third kappa shape index (κ3) is 2.43. The lowest BCUT2D eigenvalue weighted by atomic mass is 10.3. The maximum absolute atomic E-state index is 12.5. The van der Waals surface area contributed by atoms with Crippen molar-refractivity contribution < 1.29 is 0 Å². The second kappa shape index (κ2) is 5.58. The molecule has 0 radical (unpaired) electrons. The molecule has 2 aromatic heterocycles. The van der Waals surface area contributed by atoms with Crippen molar-refractivity contribution in [2.24, 2.45) is 0 Å². The van der Waals surface area contributed by atoms with Gasteiger partial charge in [0.15, 0.2) is 5.65 Å². The van der Waals surface area contributed by atoms with Crippen LogP contribution in [0.4, 0.5) is 5.95 Å². The summed E-state index contributed by atoms with van der Waals surface area (Å²) in [7, 11) is 0. The van der Waals surface area contributed by atoms with Crippen LogP contribution in [0.5, 0.6) is 0 Å². The van der Waals surface area contributed by atoms with Crippen molar-refractivity contribution in [1.29, 1.82) is 0 Å². The van der Waals surface area contributed by atoms with Crippen LogP contribution in [-0.2, 0) is 0 Å². The second-order valence-corrected chi connectivity index (χ2v) is 5.92. The van der Waals surface area contributed by atoms with Crippen molar-refractivity contribution in [2.75, 3.05) is 18.0 Å². The van der Waals surface area contributed by atoms with E-state index in [-0.39, 0.29) is 5.56 Å². The number of nitrogens with one attached hydrogen (secondary N) is 1. The van der Waals surface area contributed by atoms with Gasteiger partial charge in [0, 0.05) is 18.8 Å². The third-order valence-electron chi connectivity index (χ3n) is 4.06. The zero-order chi connectivity index (χ0) is 15.8. The van der Waals surface area contributed by atoms with E-state index in [1.54, 1.807) is 10.9 Å². The van der Waals surface area contributed by atoms with Gasteiger partial charge >= 0.3 is 0 Å². The number of aromatic nitrogens is 4. The summed E-state index contributed by atoms with van der Waals surface area (Å²) in [6, 6.07) is 9.60. The van der Waals surface area contributed by atoms with Crippen LogP contribution in [0.1, 0.15) is 12.8 Å². The van der Waals surface area contributed by atoms with Crippen LogP contribution in [0.25, 0.3) is 16.7 Å². The molecule has 0 atom stereocenters. The van der Waals surface area contributed by atoms with Crippen molar-refractivity contribution in [3.8, 4) is 5.69 Å². The number of para-hydroxylation sites is 1. The number of H-pyrrole nitrogens is 1. The van der Waals surface area contributed by atoms with Gasteiger partial charge in [-0.15, -0.1) is 0 Å². The molecule has 1 saturated heterocycles. The minimum absolute atomic E-state index is 0.236. The van der Waals surface area contributed by atoms with Crippen LogP contribution < -0.4 is 10.5 Å². The zero-order valence-electron chi connectivity index (χ0n) is 12.4. The first-order valence-electron chi connectivity index (χ1n) is 7.56. The van der Waals surface area contributed by atoms with Crippen LogP contribution in [0, 0.1) is 4.64 Å². The molecule has 7 heteroatoms. The molecular weight excluding hydrogens is 310 g/mol. The van der Waals surface area contributed by atoms with Gasteiger partial charge in [-0.1, -0.05) is 30.4 Å². The fraction of sp³-hybridized carbons (Fsp3) is 0.250. The maximum atomic E-state index is 12.5. The molecule has 23 heavy (non-hydrogen) atoms.